The first kappa shape index (κ1) is 15.2. The molecular weight excluding hydrogens is 317 g/mol. The molecule has 110 valence electrons. The summed E-state index contributed by atoms with van der Waals surface area (Å²) in [4.78, 5) is 11.8. The number of aromatic nitrogens is 2. The minimum Gasteiger partial charge on any atom is -0.331 e. The van der Waals surface area contributed by atoms with Crippen LogP contribution in [0.4, 0.5) is 10.1 Å². The average molecular weight is 328 g/mol. The first-order valence-electron chi connectivity index (χ1n) is 5.78. The van der Waals surface area contributed by atoms with E-state index < -0.39 is 11.7 Å². The average Bonchev–Trinajstić information content (AvgIpc) is 2.86. The van der Waals surface area contributed by atoms with E-state index in [2.05, 4.69) is 21.3 Å². The molecule has 0 fully saturated rings. The zero-order valence-corrected chi connectivity index (χ0v) is 12.4. The van der Waals surface area contributed by atoms with Crippen LogP contribution >= 0.6 is 23.8 Å². The molecule has 1 heterocycles. The largest absolute Gasteiger partial charge is 0.331 e. The maximum atomic E-state index is 13.0. The fraction of sp³-hybridized carbons (Fsp3) is 0.0833. The number of hydrazine groups is 1. The summed E-state index contributed by atoms with van der Waals surface area (Å²) in [6, 6.07) is 5.63. The van der Waals surface area contributed by atoms with Gasteiger partial charge < -0.3 is 5.32 Å². The molecule has 0 saturated heterocycles. The summed E-state index contributed by atoms with van der Waals surface area (Å²) in [5.41, 5.74) is 5.80. The van der Waals surface area contributed by atoms with E-state index in [1.165, 1.54) is 29.1 Å². The van der Waals surface area contributed by atoms with Crippen molar-refractivity contribution in [3.63, 3.8) is 0 Å². The third-order valence-electron chi connectivity index (χ3n) is 2.52. The number of rotatable bonds is 2. The van der Waals surface area contributed by atoms with Crippen LogP contribution in [0.1, 0.15) is 10.5 Å². The summed E-state index contributed by atoms with van der Waals surface area (Å²) in [5.74, 6) is -0.915. The lowest BCUT2D eigenvalue weighted by Gasteiger charge is -2.11. The van der Waals surface area contributed by atoms with Crippen molar-refractivity contribution in [3.8, 4) is 0 Å². The number of anilines is 1. The van der Waals surface area contributed by atoms with Gasteiger partial charge in [0.1, 0.15) is 11.5 Å². The van der Waals surface area contributed by atoms with E-state index in [1.54, 1.807) is 13.1 Å². The maximum absolute atomic E-state index is 13.0. The summed E-state index contributed by atoms with van der Waals surface area (Å²) in [5, 5.41) is 6.74. The molecule has 0 spiro atoms. The highest BCUT2D eigenvalue weighted by atomic mass is 35.5. The highest BCUT2D eigenvalue weighted by Crippen LogP contribution is 2.19. The molecular formula is C12H11ClFN5OS. The molecule has 0 atom stereocenters. The van der Waals surface area contributed by atoms with E-state index in [1.807, 2.05) is 0 Å². The number of carbonyl (C=O) groups is 1. The third-order valence-corrected chi connectivity index (χ3v) is 3.01. The molecule has 0 aliphatic heterocycles. The van der Waals surface area contributed by atoms with Gasteiger partial charge in [-0.05, 0) is 36.5 Å². The standard InChI is InChI=1S/C12H11ClFN5OS/c1-19-10(4-5-15-19)11(20)17-18-12(21)16-7-2-3-9(14)8(13)6-7/h2-6H,1H3,(H,17,20)(H2,16,18,21). The number of benzene rings is 1. The van der Waals surface area contributed by atoms with E-state index in [4.69, 9.17) is 23.8 Å². The molecule has 0 aliphatic rings. The molecule has 1 aromatic carbocycles. The number of aryl methyl sites for hydroxylation is 1. The Hall–Kier alpha value is -2.19. The molecule has 21 heavy (non-hydrogen) atoms. The molecule has 0 saturated carbocycles. The van der Waals surface area contributed by atoms with Crippen LogP contribution in [-0.2, 0) is 7.05 Å². The molecule has 2 aromatic rings. The van der Waals surface area contributed by atoms with E-state index >= 15 is 0 Å². The Morgan fingerprint density at radius 3 is 2.76 bits per heavy atom. The van der Waals surface area contributed by atoms with Gasteiger partial charge in [-0.2, -0.15) is 5.10 Å². The van der Waals surface area contributed by atoms with Crippen LogP contribution in [0.3, 0.4) is 0 Å². The second-order valence-electron chi connectivity index (χ2n) is 4.00. The minimum atomic E-state index is -0.523. The lowest BCUT2D eigenvalue weighted by Crippen LogP contribution is -2.44. The Bertz CT molecular complexity index is 690. The zero-order valence-electron chi connectivity index (χ0n) is 10.9. The van der Waals surface area contributed by atoms with Crippen molar-refractivity contribution < 1.29 is 9.18 Å². The molecule has 3 N–H and O–H groups in total. The highest BCUT2D eigenvalue weighted by molar-refractivity contribution is 7.80. The Labute approximate surface area is 130 Å². The Balaban J connectivity index is 1.89. The van der Waals surface area contributed by atoms with Crippen LogP contribution < -0.4 is 16.2 Å². The molecule has 1 aromatic heterocycles. The number of thiocarbonyl (C=S) groups is 1. The first-order chi connectivity index (χ1) is 9.97. The molecule has 0 unspecified atom stereocenters. The van der Waals surface area contributed by atoms with Crippen LogP contribution in [-0.4, -0.2) is 20.8 Å². The van der Waals surface area contributed by atoms with E-state index in [-0.39, 0.29) is 10.1 Å². The highest BCUT2D eigenvalue weighted by Gasteiger charge is 2.09. The first-order valence-corrected chi connectivity index (χ1v) is 6.56. The number of hydrogen-bond donors (Lipinski definition) is 3. The van der Waals surface area contributed by atoms with Crippen LogP contribution in [0.15, 0.2) is 30.5 Å². The predicted octanol–water partition coefficient (Wildman–Crippen LogP) is 1.84. The number of halogens is 2. The fourth-order valence-electron chi connectivity index (χ4n) is 1.51. The number of nitrogens with one attached hydrogen (secondary N) is 3. The van der Waals surface area contributed by atoms with Gasteiger partial charge in [0, 0.05) is 18.9 Å². The normalized spacial score (nSPS) is 10.0. The van der Waals surface area contributed by atoms with Gasteiger partial charge in [0.05, 0.1) is 5.02 Å². The Morgan fingerprint density at radius 2 is 2.14 bits per heavy atom. The second kappa shape index (κ2) is 6.51. The zero-order chi connectivity index (χ0) is 15.4. The molecule has 2 rings (SSSR count). The van der Waals surface area contributed by atoms with Crippen LogP contribution in [0.2, 0.25) is 5.02 Å². The molecule has 0 radical (unpaired) electrons. The summed E-state index contributed by atoms with van der Waals surface area (Å²) in [6.07, 6.45) is 1.51. The fourth-order valence-corrected chi connectivity index (χ4v) is 1.86. The van der Waals surface area contributed by atoms with Gasteiger partial charge in [0.15, 0.2) is 5.11 Å². The van der Waals surface area contributed by atoms with Crippen molar-refractivity contribution in [2.75, 3.05) is 5.32 Å². The minimum absolute atomic E-state index is 0.0262. The third kappa shape index (κ3) is 3.89. The number of nitrogens with zero attached hydrogens (tertiary/aromatic N) is 2. The van der Waals surface area contributed by atoms with Gasteiger partial charge >= 0.3 is 0 Å². The van der Waals surface area contributed by atoms with Crippen LogP contribution in [0.25, 0.3) is 0 Å². The smallest absolute Gasteiger partial charge is 0.287 e. The van der Waals surface area contributed by atoms with Gasteiger partial charge in [-0.25, -0.2) is 4.39 Å². The van der Waals surface area contributed by atoms with Gasteiger partial charge in [-0.3, -0.25) is 20.3 Å². The van der Waals surface area contributed by atoms with Crippen molar-refractivity contribution in [1.29, 1.82) is 0 Å². The van der Waals surface area contributed by atoms with E-state index in [0.29, 0.717) is 11.4 Å². The summed E-state index contributed by atoms with van der Waals surface area (Å²) >= 11 is 10.6. The molecule has 6 nitrogen and oxygen atoms in total. The summed E-state index contributed by atoms with van der Waals surface area (Å²) < 4.78 is 14.4. The lowest BCUT2D eigenvalue weighted by atomic mass is 10.3. The van der Waals surface area contributed by atoms with Crippen LogP contribution in [0.5, 0.6) is 0 Å². The van der Waals surface area contributed by atoms with E-state index in [9.17, 15) is 9.18 Å². The quantitative estimate of drug-likeness (QED) is 0.580. The monoisotopic (exact) mass is 327 g/mol. The molecule has 1 amide bonds. The molecule has 0 aliphatic carbocycles. The van der Waals surface area contributed by atoms with E-state index in [0.717, 1.165) is 0 Å². The van der Waals surface area contributed by atoms with Crippen LogP contribution in [0, 0.1) is 5.82 Å². The van der Waals surface area contributed by atoms with Crippen molar-refractivity contribution in [2.45, 2.75) is 0 Å². The number of carbonyl (C=O) groups excluding carboxylic acids is 1. The van der Waals surface area contributed by atoms with Crippen molar-refractivity contribution >= 4 is 40.5 Å². The van der Waals surface area contributed by atoms with Crippen molar-refractivity contribution in [1.82, 2.24) is 20.6 Å². The van der Waals surface area contributed by atoms with Crippen molar-refractivity contribution in [3.05, 3.63) is 47.0 Å². The lowest BCUT2D eigenvalue weighted by molar-refractivity contribution is 0.0934. The Kier molecular flexibility index (Phi) is 4.71. The summed E-state index contributed by atoms with van der Waals surface area (Å²) in [6.45, 7) is 0. The second-order valence-corrected chi connectivity index (χ2v) is 4.82. The predicted molar refractivity (Wildman–Crippen MR) is 81.4 cm³/mol. The SMILES string of the molecule is Cn1nccc1C(=O)NNC(=S)Nc1ccc(F)c(Cl)c1. The summed E-state index contributed by atoms with van der Waals surface area (Å²) in [7, 11) is 1.64. The van der Waals surface area contributed by atoms with Gasteiger partial charge in [0.25, 0.3) is 5.91 Å². The number of hydrogen-bond acceptors (Lipinski definition) is 3. The van der Waals surface area contributed by atoms with Gasteiger partial charge in [0.2, 0.25) is 0 Å². The molecule has 0 bridgehead atoms. The van der Waals surface area contributed by atoms with Gasteiger partial charge in [-0.15, -0.1) is 0 Å². The molecule has 9 heteroatoms. The van der Waals surface area contributed by atoms with Gasteiger partial charge in [-0.1, -0.05) is 11.6 Å². The van der Waals surface area contributed by atoms with Crippen molar-refractivity contribution in [2.24, 2.45) is 7.05 Å². The maximum Gasteiger partial charge on any atom is 0.287 e. The Morgan fingerprint density at radius 1 is 1.38 bits per heavy atom. The topological polar surface area (TPSA) is 71.0 Å². The number of amides is 1.